The van der Waals surface area contributed by atoms with Crippen molar-refractivity contribution in [1.29, 1.82) is 0 Å². The van der Waals surface area contributed by atoms with Crippen LogP contribution in [0.5, 0.6) is 0 Å². The van der Waals surface area contributed by atoms with Crippen molar-refractivity contribution in [2.24, 2.45) is 11.1 Å². The van der Waals surface area contributed by atoms with Crippen molar-refractivity contribution in [3.8, 4) is 0 Å². The molecule has 1 aromatic rings. The van der Waals surface area contributed by atoms with E-state index in [0.717, 1.165) is 77.2 Å². The van der Waals surface area contributed by atoms with Crippen molar-refractivity contribution in [2.75, 3.05) is 39.5 Å². The van der Waals surface area contributed by atoms with E-state index < -0.39 is 0 Å². The molecule has 0 unspecified atom stereocenters. The highest BCUT2D eigenvalue weighted by Gasteiger charge is 2.41. The molecule has 0 aromatic heterocycles. The molecule has 2 heterocycles. The first-order chi connectivity index (χ1) is 13.9. The maximum absolute atomic E-state index is 12.2. The molecule has 5 heteroatoms. The van der Waals surface area contributed by atoms with Crippen molar-refractivity contribution >= 4 is 11.5 Å². The second-order valence-corrected chi connectivity index (χ2v) is 9.47. The maximum atomic E-state index is 12.2. The number of nitrogens with zero attached hydrogens (tertiary/aromatic N) is 1. The van der Waals surface area contributed by atoms with Crippen LogP contribution in [0.1, 0.15) is 67.4 Å². The Labute approximate surface area is 174 Å². The zero-order valence-electron chi connectivity index (χ0n) is 17.8. The summed E-state index contributed by atoms with van der Waals surface area (Å²) in [5.74, 6) is -0.343. The van der Waals surface area contributed by atoms with Gasteiger partial charge < -0.3 is 15.2 Å². The molecule has 0 bridgehead atoms. The third-order valence-corrected chi connectivity index (χ3v) is 7.08. The number of morpholine rings is 1. The lowest BCUT2D eigenvalue weighted by Crippen LogP contribution is -2.54. The number of allylic oxidation sites excluding steroid dienone is 2. The molecule has 1 aromatic carbocycles. The summed E-state index contributed by atoms with van der Waals surface area (Å²) in [5, 5.41) is 0. The molecule has 3 aliphatic rings. The second kappa shape index (κ2) is 8.21. The summed E-state index contributed by atoms with van der Waals surface area (Å²) >= 11 is 0. The Morgan fingerprint density at radius 3 is 2.34 bits per heavy atom. The summed E-state index contributed by atoms with van der Waals surface area (Å²) in [4.78, 5) is 14.8. The number of rotatable bonds is 4. The SMILES string of the molecule is CC1(C)CC=C(c2cc(C3(N4CCOCC4)CCOCC3)ccc2C(N)=O)CC1. The second-order valence-electron chi connectivity index (χ2n) is 9.47. The van der Waals surface area contributed by atoms with Gasteiger partial charge in [0.1, 0.15) is 0 Å². The van der Waals surface area contributed by atoms with Gasteiger partial charge in [-0.1, -0.05) is 26.0 Å². The Bertz CT molecular complexity index is 787. The first kappa shape index (κ1) is 20.6. The van der Waals surface area contributed by atoms with Crippen molar-refractivity contribution < 1.29 is 14.3 Å². The van der Waals surface area contributed by atoms with Gasteiger partial charge in [-0.15, -0.1) is 0 Å². The van der Waals surface area contributed by atoms with E-state index in [2.05, 4.69) is 37.0 Å². The number of primary amides is 1. The standard InChI is InChI=1S/C24H34N2O3/c1-23(2)7-5-18(6-8-23)21-17-19(3-4-20(21)22(25)27)24(9-13-28-14-10-24)26-11-15-29-16-12-26/h3-5,17H,6-16H2,1-2H3,(H2,25,27). The summed E-state index contributed by atoms with van der Waals surface area (Å²) < 4.78 is 11.3. The highest BCUT2D eigenvalue weighted by molar-refractivity contribution is 5.98. The minimum Gasteiger partial charge on any atom is -0.381 e. The van der Waals surface area contributed by atoms with Crippen LogP contribution in [0.2, 0.25) is 0 Å². The largest absolute Gasteiger partial charge is 0.381 e. The first-order valence-electron chi connectivity index (χ1n) is 11.0. The third kappa shape index (κ3) is 4.14. The molecule has 1 amide bonds. The Kier molecular flexibility index (Phi) is 5.83. The Balaban J connectivity index is 1.76. The van der Waals surface area contributed by atoms with Gasteiger partial charge in [-0.2, -0.15) is 0 Å². The summed E-state index contributed by atoms with van der Waals surface area (Å²) in [6.45, 7) is 9.56. The number of benzene rings is 1. The first-order valence-corrected chi connectivity index (χ1v) is 11.0. The van der Waals surface area contributed by atoms with Gasteiger partial charge in [0.15, 0.2) is 0 Å². The maximum Gasteiger partial charge on any atom is 0.249 e. The van der Waals surface area contributed by atoms with E-state index in [-0.39, 0.29) is 11.4 Å². The Hall–Kier alpha value is -1.69. The number of hydrogen-bond donors (Lipinski definition) is 1. The van der Waals surface area contributed by atoms with Crippen LogP contribution < -0.4 is 5.73 Å². The molecule has 0 radical (unpaired) electrons. The fourth-order valence-electron chi connectivity index (χ4n) is 5.12. The van der Waals surface area contributed by atoms with Gasteiger partial charge >= 0.3 is 0 Å². The van der Waals surface area contributed by atoms with E-state index in [4.69, 9.17) is 15.2 Å². The molecule has 2 saturated heterocycles. The molecule has 158 valence electrons. The van der Waals surface area contributed by atoms with Crippen LogP contribution >= 0.6 is 0 Å². The normalized spacial score (nSPS) is 24.7. The fraction of sp³-hybridized carbons (Fsp3) is 0.625. The molecule has 2 aliphatic heterocycles. The van der Waals surface area contributed by atoms with E-state index in [1.807, 2.05) is 6.07 Å². The molecule has 29 heavy (non-hydrogen) atoms. The van der Waals surface area contributed by atoms with Gasteiger partial charge in [-0.25, -0.2) is 0 Å². The zero-order valence-corrected chi connectivity index (χ0v) is 17.8. The smallest absolute Gasteiger partial charge is 0.249 e. The molecule has 1 aliphatic carbocycles. The summed E-state index contributed by atoms with van der Waals surface area (Å²) in [5.41, 5.74) is 10.3. The van der Waals surface area contributed by atoms with Crippen LogP contribution in [0.25, 0.3) is 5.57 Å². The van der Waals surface area contributed by atoms with E-state index in [1.165, 1.54) is 11.1 Å². The quantitative estimate of drug-likeness (QED) is 0.840. The number of hydrogen-bond acceptors (Lipinski definition) is 4. The average Bonchev–Trinajstić information content (AvgIpc) is 2.74. The predicted molar refractivity (Wildman–Crippen MR) is 115 cm³/mol. The zero-order chi connectivity index (χ0) is 20.5. The van der Waals surface area contributed by atoms with Crippen molar-refractivity contribution in [2.45, 2.75) is 51.5 Å². The topological polar surface area (TPSA) is 64.8 Å². The number of amides is 1. The number of carbonyl (C=O) groups excluding carboxylic acids is 1. The minimum absolute atomic E-state index is 0.0541. The van der Waals surface area contributed by atoms with Crippen molar-refractivity contribution in [3.63, 3.8) is 0 Å². The van der Waals surface area contributed by atoms with Gasteiger partial charge in [0.2, 0.25) is 5.91 Å². The molecular formula is C24H34N2O3. The van der Waals surface area contributed by atoms with Crippen LogP contribution in [0.3, 0.4) is 0 Å². The molecule has 0 atom stereocenters. The average molecular weight is 399 g/mol. The lowest BCUT2D eigenvalue weighted by molar-refractivity contribution is -0.0746. The lowest BCUT2D eigenvalue weighted by atomic mass is 9.74. The third-order valence-electron chi connectivity index (χ3n) is 7.08. The number of carbonyl (C=O) groups is 1. The van der Waals surface area contributed by atoms with Crippen molar-refractivity contribution in [1.82, 2.24) is 4.90 Å². The molecule has 4 rings (SSSR count). The Morgan fingerprint density at radius 2 is 1.72 bits per heavy atom. The summed E-state index contributed by atoms with van der Waals surface area (Å²) in [6, 6.07) is 6.33. The molecular weight excluding hydrogens is 364 g/mol. The summed E-state index contributed by atoms with van der Waals surface area (Å²) in [7, 11) is 0. The molecule has 2 fully saturated rings. The Morgan fingerprint density at radius 1 is 1.03 bits per heavy atom. The predicted octanol–water partition coefficient (Wildman–Crippen LogP) is 3.72. The van der Waals surface area contributed by atoms with Crippen LogP contribution in [-0.4, -0.2) is 50.3 Å². The highest BCUT2D eigenvalue weighted by atomic mass is 16.5. The number of nitrogens with two attached hydrogens (primary N) is 1. The fourth-order valence-corrected chi connectivity index (χ4v) is 5.12. The minimum atomic E-state index is -0.343. The van der Waals surface area contributed by atoms with Crippen LogP contribution in [0.15, 0.2) is 24.3 Å². The van der Waals surface area contributed by atoms with Gasteiger partial charge in [0, 0.05) is 31.9 Å². The van der Waals surface area contributed by atoms with Crippen LogP contribution in [0.4, 0.5) is 0 Å². The number of ether oxygens (including phenoxy) is 2. The van der Waals surface area contributed by atoms with E-state index >= 15 is 0 Å². The van der Waals surface area contributed by atoms with Gasteiger partial charge in [-0.05, 0) is 66.4 Å². The van der Waals surface area contributed by atoms with Crippen LogP contribution in [-0.2, 0) is 15.0 Å². The van der Waals surface area contributed by atoms with Gasteiger partial charge in [0.25, 0.3) is 0 Å². The van der Waals surface area contributed by atoms with E-state index in [9.17, 15) is 4.79 Å². The molecule has 2 N–H and O–H groups in total. The summed E-state index contributed by atoms with van der Waals surface area (Å²) in [6.07, 6.45) is 7.41. The van der Waals surface area contributed by atoms with Crippen LogP contribution in [0, 0.1) is 5.41 Å². The van der Waals surface area contributed by atoms with E-state index in [0.29, 0.717) is 11.0 Å². The molecule has 0 spiro atoms. The highest BCUT2D eigenvalue weighted by Crippen LogP contribution is 2.43. The monoisotopic (exact) mass is 398 g/mol. The molecule has 5 nitrogen and oxygen atoms in total. The van der Waals surface area contributed by atoms with E-state index in [1.54, 1.807) is 0 Å². The lowest BCUT2D eigenvalue weighted by Gasteiger charge is -2.48. The van der Waals surface area contributed by atoms with Crippen molar-refractivity contribution in [3.05, 3.63) is 41.0 Å². The van der Waals surface area contributed by atoms with Gasteiger partial charge in [-0.3, -0.25) is 9.69 Å². The van der Waals surface area contributed by atoms with Gasteiger partial charge in [0.05, 0.1) is 18.8 Å². The molecule has 0 saturated carbocycles.